The van der Waals surface area contributed by atoms with Gasteiger partial charge in [0.25, 0.3) is 0 Å². The van der Waals surface area contributed by atoms with Crippen LogP contribution in [0.25, 0.3) is 10.6 Å². The van der Waals surface area contributed by atoms with Crippen molar-refractivity contribution in [1.82, 2.24) is 9.80 Å². The van der Waals surface area contributed by atoms with Gasteiger partial charge >= 0.3 is 0 Å². The number of carbonyl (C=O) groups is 1. The summed E-state index contributed by atoms with van der Waals surface area (Å²) in [5.74, 6) is 1.44. The van der Waals surface area contributed by atoms with E-state index in [1.54, 1.807) is 0 Å². The third-order valence-corrected chi connectivity index (χ3v) is 7.44. The lowest BCUT2D eigenvalue weighted by Crippen LogP contribution is -2.49. The van der Waals surface area contributed by atoms with E-state index in [-0.39, 0.29) is 5.91 Å². The summed E-state index contributed by atoms with van der Waals surface area (Å²) in [7, 11) is 0. The Morgan fingerprint density at radius 1 is 1.19 bits per heavy atom. The average Bonchev–Trinajstić information content (AvgIpc) is 3.40. The second-order valence-electron chi connectivity index (χ2n) is 9.14. The Bertz CT molecular complexity index is 1120. The number of nitrogens with zero attached hydrogens (tertiary/aromatic N) is 3. The van der Waals surface area contributed by atoms with Gasteiger partial charge in [-0.3, -0.25) is 9.69 Å². The number of carbonyl (C=O) groups excluding carboxylic acids is 1. The Labute approximate surface area is 190 Å². The summed E-state index contributed by atoms with van der Waals surface area (Å²) in [5.41, 5.74) is 7.92. The van der Waals surface area contributed by atoms with Crippen molar-refractivity contribution >= 4 is 17.4 Å². The van der Waals surface area contributed by atoms with E-state index in [0.717, 1.165) is 73.7 Å². The average molecular weight is 428 g/mol. The number of piperazine rings is 1. The number of rotatable bonds is 4. The van der Waals surface area contributed by atoms with Crippen molar-refractivity contribution in [3.63, 3.8) is 0 Å². The van der Waals surface area contributed by atoms with Crippen LogP contribution in [0.1, 0.15) is 45.7 Å². The first-order chi connectivity index (χ1) is 15.5. The van der Waals surface area contributed by atoms with E-state index in [2.05, 4.69) is 35.4 Å². The van der Waals surface area contributed by atoms with Crippen molar-refractivity contribution in [2.75, 3.05) is 32.7 Å². The SMILES string of the molecule is [C-]#[N+]c1cccc2c1CCC2CN1CCN(C(=O)Cc2ccc3c(c2C)COC3=C)CC1. The molecule has 32 heavy (non-hydrogen) atoms. The van der Waals surface area contributed by atoms with Crippen LogP contribution >= 0.6 is 0 Å². The molecule has 1 fully saturated rings. The third kappa shape index (κ3) is 3.69. The maximum Gasteiger partial charge on any atom is 0.227 e. The molecule has 1 atom stereocenters. The third-order valence-electron chi connectivity index (χ3n) is 7.44. The van der Waals surface area contributed by atoms with Gasteiger partial charge in [-0.1, -0.05) is 42.5 Å². The van der Waals surface area contributed by atoms with Crippen LogP contribution in [-0.4, -0.2) is 48.4 Å². The summed E-state index contributed by atoms with van der Waals surface area (Å²) in [6.07, 6.45) is 2.57. The molecule has 2 aromatic rings. The summed E-state index contributed by atoms with van der Waals surface area (Å²) in [6, 6.07) is 10.2. The first kappa shape index (κ1) is 20.8. The van der Waals surface area contributed by atoms with E-state index < -0.39 is 0 Å². The van der Waals surface area contributed by atoms with E-state index in [0.29, 0.717) is 18.9 Å². The molecule has 164 valence electrons. The second-order valence-corrected chi connectivity index (χ2v) is 9.14. The molecule has 2 aliphatic heterocycles. The van der Waals surface area contributed by atoms with Crippen molar-refractivity contribution < 1.29 is 9.53 Å². The van der Waals surface area contributed by atoms with Gasteiger partial charge in [0.2, 0.25) is 5.91 Å². The molecule has 0 spiro atoms. The molecule has 1 unspecified atom stereocenters. The normalized spacial score (nSPS) is 19.9. The maximum absolute atomic E-state index is 13.0. The van der Waals surface area contributed by atoms with Gasteiger partial charge in [-0.05, 0) is 42.4 Å². The van der Waals surface area contributed by atoms with Gasteiger partial charge in [0.15, 0.2) is 5.69 Å². The molecule has 0 N–H and O–H groups in total. The summed E-state index contributed by atoms with van der Waals surface area (Å²) < 4.78 is 5.57. The number of benzene rings is 2. The highest BCUT2D eigenvalue weighted by Gasteiger charge is 2.29. The monoisotopic (exact) mass is 427 g/mol. The number of ether oxygens (including phenoxy) is 1. The van der Waals surface area contributed by atoms with E-state index in [9.17, 15) is 4.79 Å². The summed E-state index contributed by atoms with van der Waals surface area (Å²) >= 11 is 0. The highest BCUT2D eigenvalue weighted by atomic mass is 16.5. The van der Waals surface area contributed by atoms with Crippen LogP contribution < -0.4 is 0 Å². The molecule has 0 bridgehead atoms. The molecule has 5 nitrogen and oxygen atoms in total. The predicted molar refractivity (Wildman–Crippen MR) is 125 cm³/mol. The second kappa shape index (κ2) is 8.44. The van der Waals surface area contributed by atoms with Crippen LogP contribution in [0.2, 0.25) is 0 Å². The van der Waals surface area contributed by atoms with Crippen LogP contribution in [0.15, 0.2) is 36.9 Å². The Hall–Kier alpha value is -3.10. The molecule has 2 heterocycles. The van der Waals surface area contributed by atoms with Crippen LogP contribution in [0.5, 0.6) is 0 Å². The summed E-state index contributed by atoms with van der Waals surface area (Å²) in [6.45, 7) is 18.4. The van der Waals surface area contributed by atoms with Gasteiger partial charge in [0.1, 0.15) is 12.4 Å². The van der Waals surface area contributed by atoms with Gasteiger partial charge in [0.05, 0.1) is 13.0 Å². The van der Waals surface area contributed by atoms with Crippen LogP contribution in [0, 0.1) is 13.5 Å². The minimum Gasteiger partial charge on any atom is -0.489 e. The number of hydrogen-bond acceptors (Lipinski definition) is 3. The minimum absolute atomic E-state index is 0.207. The molecule has 0 saturated carbocycles. The Kier molecular flexibility index (Phi) is 5.48. The number of fused-ring (bicyclic) bond motifs is 2. The summed E-state index contributed by atoms with van der Waals surface area (Å²) in [5, 5.41) is 0. The predicted octanol–water partition coefficient (Wildman–Crippen LogP) is 4.46. The Morgan fingerprint density at radius 3 is 2.78 bits per heavy atom. The zero-order valence-corrected chi connectivity index (χ0v) is 18.7. The van der Waals surface area contributed by atoms with Crippen LogP contribution in [-0.2, 0) is 29.0 Å². The van der Waals surface area contributed by atoms with E-state index >= 15 is 0 Å². The van der Waals surface area contributed by atoms with Gasteiger partial charge in [-0.2, -0.15) is 0 Å². The van der Waals surface area contributed by atoms with E-state index in [4.69, 9.17) is 11.3 Å². The molecule has 1 aliphatic carbocycles. The van der Waals surface area contributed by atoms with Gasteiger partial charge in [-0.25, -0.2) is 4.85 Å². The molecule has 5 rings (SSSR count). The Morgan fingerprint density at radius 2 is 2.00 bits per heavy atom. The first-order valence-electron chi connectivity index (χ1n) is 11.5. The molecule has 0 radical (unpaired) electrons. The molecular formula is C27H29N3O2. The molecule has 5 heteroatoms. The van der Waals surface area contributed by atoms with Crippen LogP contribution in [0.4, 0.5) is 5.69 Å². The number of amides is 1. The van der Waals surface area contributed by atoms with Crippen molar-refractivity contribution in [1.29, 1.82) is 0 Å². The smallest absolute Gasteiger partial charge is 0.227 e. The molecule has 2 aromatic carbocycles. The van der Waals surface area contributed by atoms with Crippen molar-refractivity contribution in [2.45, 2.75) is 38.7 Å². The van der Waals surface area contributed by atoms with Crippen molar-refractivity contribution in [3.8, 4) is 0 Å². The minimum atomic E-state index is 0.207. The van der Waals surface area contributed by atoms with Gasteiger partial charge in [-0.15, -0.1) is 0 Å². The lowest BCUT2D eigenvalue weighted by molar-refractivity contribution is -0.132. The quantitative estimate of drug-likeness (QED) is 0.676. The Balaban J connectivity index is 1.17. The fourth-order valence-electron chi connectivity index (χ4n) is 5.46. The van der Waals surface area contributed by atoms with Gasteiger partial charge in [0, 0.05) is 43.9 Å². The fraction of sp³-hybridized carbons (Fsp3) is 0.407. The van der Waals surface area contributed by atoms with E-state index in [1.807, 2.05) is 23.1 Å². The molecule has 0 aromatic heterocycles. The zero-order chi connectivity index (χ0) is 22.2. The molecule has 1 amide bonds. The fourth-order valence-corrected chi connectivity index (χ4v) is 5.46. The highest BCUT2D eigenvalue weighted by Crippen LogP contribution is 2.39. The lowest BCUT2D eigenvalue weighted by Gasteiger charge is -2.36. The summed E-state index contributed by atoms with van der Waals surface area (Å²) in [4.78, 5) is 21.2. The van der Waals surface area contributed by atoms with Crippen molar-refractivity contribution in [2.24, 2.45) is 0 Å². The van der Waals surface area contributed by atoms with Crippen molar-refractivity contribution in [3.05, 3.63) is 81.7 Å². The highest BCUT2D eigenvalue weighted by molar-refractivity contribution is 5.80. The number of hydrogen-bond donors (Lipinski definition) is 0. The molecule has 3 aliphatic rings. The van der Waals surface area contributed by atoms with E-state index in [1.165, 1.54) is 16.7 Å². The molecular weight excluding hydrogens is 398 g/mol. The topological polar surface area (TPSA) is 37.1 Å². The van der Waals surface area contributed by atoms with Crippen LogP contribution in [0.3, 0.4) is 0 Å². The van der Waals surface area contributed by atoms with Gasteiger partial charge < -0.3 is 9.64 Å². The first-order valence-corrected chi connectivity index (χ1v) is 11.5. The molecule has 1 saturated heterocycles. The largest absolute Gasteiger partial charge is 0.489 e. The lowest BCUT2D eigenvalue weighted by atomic mass is 9.96. The maximum atomic E-state index is 13.0. The standard InChI is InChI=1S/C27H29N3O2/c1-18-20(7-9-22-19(2)32-17-25(18)22)15-27(31)30-13-11-29(12-14-30)16-21-8-10-24-23(21)5-4-6-26(24)28-3/h4-7,9,21H,2,8,10-17H2,1H3. The zero-order valence-electron chi connectivity index (χ0n) is 18.7.